The molecule has 1 aromatic heterocycles. The Morgan fingerprint density at radius 3 is 2.56 bits per heavy atom. The number of hydrogen-bond acceptors (Lipinski definition) is 6. The van der Waals surface area contributed by atoms with Gasteiger partial charge in [0.15, 0.2) is 0 Å². The van der Waals surface area contributed by atoms with Crippen molar-refractivity contribution in [2.24, 2.45) is 4.99 Å². The Kier molecular flexibility index (Phi) is 6.14. The molecular formula is C20H21N3O4. The van der Waals surface area contributed by atoms with Crippen molar-refractivity contribution in [2.75, 3.05) is 7.11 Å². The third-order valence-electron chi connectivity index (χ3n) is 4.46. The Hall–Kier alpha value is -3.40. The van der Waals surface area contributed by atoms with E-state index in [1.54, 1.807) is 38.1 Å². The lowest BCUT2D eigenvalue weighted by molar-refractivity contribution is 0.0601. The number of carbonyl (C=O) groups excluding carboxylic acids is 1. The summed E-state index contributed by atoms with van der Waals surface area (Å²) in [6.07, 6.45) is 2.03. The summed E-state index contributed by atoms with van der Waals surface area (Å²) >= 11 is 0. The third-order valence-corrected chi connectivity index (χ3v) is 4.46. The van der Waals surface area contributed by atoms with Gasteiger partial charge < -0.3 is 9.84 Å². The fourth-order valence-electron chi connectivity index (χ4n) is 2.63. The van der Waals surface area contributed by atoms with Gasteiger partial charge >= 0.3 is 5.97 Å². The number of aliphatic imine (C=N–C) groups is 1. The van der Waals surface area contributed by atoms with Gasteiger partial charge in [-0.3, -0.25) is 14.4 Å². The lowest BCUT2D eigenvalue weighted by Crippen LogP contribution is -2.27. The molecule has 1 atom stereocenters. The summed E-state index contributed by atoms with van der Waals surface area (Å²) in [6.45, 7) is 5.28. The predicted octanol–water partition coefficient (Wildman–Crippen LogP) is 3.24. The highest BCUT2D eigenvalue weighted by Crippen LogP contribution is 2.25. The van der Waals surface area contributed by atoms with Gasteiger partial charge in [-0.1, -0.05) is 6.92 Å². The number of nitrogens with zero attached hydrogens (tertiary/aromatic N) is 3. The molecule has 0 aliphatic rings. The molecular weight excluding hydrogens is 346 g/mol. The molecule has 1 N–H and O–H groups in total. The number of hydrogen-bond donors (Lipinski definition) is 1. The van der Waals surface area contributed by atoms with Gasteiger partial charge in [0.05, 0.1) is 23.9 Å². The van der Waals surface area contributed by atoms with E-state index < -0.39 is 11.5 Å². The monoisotopic (exact) mass is 367 g/mol. The number of pyridine rings is 1. The average Bonchev–Trinajstić information content (AvgIpc) is 2.67. The maximum Gasteiger partial charge on any atom is 0.337 e. The lowest BCUT2D eigenvalue weighted by atomic mass is 10.0. The molecule has 0 saturated carbocycles. The third kappa shape index (κ3) is 3.90. The second kappa shape index (κ2) is 8.32. The highest BCUT2D eigenvalue weighted by molar-refractivity contribution is 5.90. The number of esters is 1. The van der Waals surface area contributed by atoms with Crippen LogP contribution < -0.4 is 5.56 Å². The molecule has 0 bridgehead atoms. The maximum atomic E-state index is 12.5. The van der Waals surface area contributed by atoms with Crippen LogP contribution in [0.2, 0.25) is 0 Å². The molecule has 0 saturated heterocycles. The number of ether oxygens (including phenoxy) is 1. The molecule has 0 aliphatic carbocycles. The Labute approximate surface area is 157 Å². The Balaban J connectivity index is 2.52. The first-order chi connectivity index (χ1) is 12.8. The average molecular weight is 367 g/mol. The minimum Gasteiger partial charge on any atom is -0.494 e. The number of aromatic nitrogens is 1. The summed E-state index contributed by atoms with van der Waals surface area (Å²) in [4.78, 5) is 28.3. The van der Waals surface area contributed by atoms with Crippen molar-refractivity contribution >= 4 is 17.9 Å². The van der Waals surface area contributed by atoms with E-state index in [0.717, 1.165) is 0 Å². The summed E-state index contributed by atoms with van der Waals surface area (Å²) < 4.78 is 5.86. The molecule has 0 spiro atoms. The zero-order chi connectivity index (χ0) is 20.1. The molecule has 1 unspecified atom stereocenters. The molecule has 0 radical (unpaired) electrons. The first-order valence-corrected chi connectivity index (χ1v) is 8.46. The van der Waals surface area contributed by atoms with E-state index in [0.29, 0.717) is 28.8 Å². The van der Waals surface area contributed by atoms with Crippen LogP contribution in [0.3, 0.4) is 0 Å². The molecule has 2 aromatic rings. The van der Waals surface area contributed by atoms with Gasteiger partial charge in [-0.25, -0.2) is 4.79 Å². The highest BCUT2D eigenvalue weighted by atomic mass is 16.5. The smallest absolute Gasteiger partial charge is 0.337 e. The Morgan fingerprint density at radius 1 is 1.41 bits per heavy atom. The number of rotatable bonds is 5. The van der Waals surface area contributed by atoms with E-state index in [4.69, 9.17) is 0 Å². The highest BCUT2D eigenvalue weighted by Gasteiger charge is 2.20. The van der Waals surface area contributed by atoms with Crippen molar-refractivity contribution in [2.45, 2.75) is 33.2 Å². The number of benzene rings is 1. The van der Waals surface area contributed by atoms with Crippen molar-refractivity contribution in [3.63, 3.8) is 0 Å². The van der Waals surface area contributed by atoms with Gasteiger partial charge in [-0.2, -0.15) is 5.26 Å². The number of aromatic hydroxyl groups is 1. The van der Waals surface area contributed by atoms with Crippen molar-refractivity contribution in [3.8, 4) is 11.9 Å². The minimum atomic E-state index is -0.513. The Morgan fingerprint density at radius 2 is 2.04 bits per heavy atom. The first-order valence-electron chi connectivity index (χ1n) is 8.46. The molecule has 7 nitrogen and oxygen atoms in total. The summed E-state index contributed by atoms with van der Waals surface area (Å²) in [5.74, 6) is -0.668. The number of methoxy groups -OCH3 is 1. The van der Waals surface area contributed by atoms with E-state index in [1.165, 1.54) is 17.9 Å². The zero-order valence-corrected chi connectivity index (χ0v) is 15.7. The van der Waals surface area contributed by atoms with Crippen molar-refractivity contribution in [3.05, 3.63) is 56.9 Å². The van der Waals surface area contributed by atoms with Gasteiger partial charge in [0, 0.05) is 12.3 Å². The van der Waals surface area contributed by atoms with E-state index in [2.05, 4.69) is 9.73 Å². The van der Waals surface area contributed by atoms with Gasteiger partial charge in [-0.05, 0) is 50.1 Å². The zero-order valence-electron chi connectivity index (χ0n) is 15.7. The normalized spacial score (nSPS) is 12.0. The van der Waals surface area contributed by atoms with Crippen LogP contribution in [-0.4, -0.2) is 29.0 Å². The fourth-order valence-corrected chi connectivity index (χ4v) is 2.63. The van der Waals surface area contributed by atoms with Crippen LogP contribution in [0.15, 0.2) is 34.1 Å². The molecule has 140 valence electrons. The molecule has 1 aromatic carbocycles. The topological polar surface area (TPSA) is 105 Å². The van der Waals surface area contributed by atoms with E-state index >= 15 is 0 Å². The first kappa shape index (κ1) is 19.9. The standard InChI is InChI=1S/C20H21N3O4/c1-5-12(2)23-18(24)16(10-21)13(3)17(19(23)25)11-22-15-8-6-14(7-9-15)20(26)27-4/h6-9,11-12,25H,5H2,1-4H3. The van der Waals surface area contributed by atoms with Crippen LogP contribution in [0.4, 0.5) is 5.69 Å². The van der Waals surface area contributed by atoms with Crippen LogP contribution in [0, 0.1) is 18.3 Å². The van der Waals surface area contributed by atoms with Gasteiger partial charge in [0.1, 0.15) is 11.6 Å². The summed E-state index contributed by atoms with van der Waals surface area (Å²) in [5.41, 5.74) is 1.09. The molecule has 0 amide bonds. The molecule has 0 aliphatic heterocycles. The van der Waals surface area contributed by atoms with E-state index in [-0.39, 0.29) is 17.5 Å². The van der Waals surface area contributed by atoms with Crippen molar-refractivity contribution < 1.29 is 14.6 Å². The summed E-state index contributed by atoms with van der Waals surface area (Å²) in [5, 5.41) is 20.0. The van der Waals surface area contributed by atoms with Gasteiger partial charge in [0.25, 0.3) is 5.56 Å². The quantitative estimate of drug-likeness (QED) is 0.645. The molecule has 2 rings (SSSR count). The van der Waals surface area contributed by atoms with E-state index in [9.17, 15) is 20.0 Å². The lowest BCUT2D eigenvalue weighted by Gasteiger charge is -2.18. The second-order valence-corrected chi connectivity index (χ2v) is 6.08. The summed E-state index contributed by atoms with van der Waals surface area (Å²) in [6, 6.07) is 8.06. The van der Waals surface area contributed by atoms with Crippen LogP contribution in [-0.2, 0) is 4.74 Å². The van der Waals surface area contributed by atoms with Gasteiger partial charge in [0.2, 0.25) is 5.88 Å². The molecule has 27 heavy (non-hydrogen) atoms. The summed E-state index contributed by atoms with van der Waals surface area (Å²) in [7, 11) is 1.30. The SMILES string of the molecule is CCC(C)n1c(O)c(C=Nc2ccc(C(=O)OC)cc2)c(C)c(C#N)c1=O. The minimum absolute atomic E-state index is 0.0180. The van der Waals surface area contributed by atoms with Crippen LogP contribution in [0.1, 0.15) is 53.4 Å². The fraction of sp³-hybridized carbons (Fsp3) is 0.300. The number of nitriles is 1. The van der Waals surface area contributed by atoms with Gasteiger partial charge in [-0.15, -0.1) is 0 Å². The van der Waals surface area contributed by atoms with Crippen molar-refractivity contribution in [1.29, 1.82) is 5.26 Å². The van der Waals surface area contributed by atoms with E-state index in [1.807, 2.05) is 13.0 Å². The van der Waals surface area contributed by atoms with Crippen LogP contribution in [0.5, 0.6) is 5.88 Å². The van der Waals surface area contributed by atoms with Crippen LogP contribution in [0.25, 0.3) is 0 Å². The second-order valence-electron chi connectivity index (χ2n) is 6.08. The van der Waals surface area contributed by atoms with Crippen molar-refractivity contribution in [1.82, 2.24) is 4.57 Å². The molecule has 7 heteroatoms. The van der Waals surface area contributed by atoms with Crippen LogP contribution >= 0.6 is 0 Å². The largest absolute Gasteiger partial charge is 0.494 e. The predicted molar refractivity (Wildman–Crippen MR) is 102 cm³/mol. The molecule has 1 heterocycles. The number of carbonyl (C=O) groups is 1. The maximum absolute atomic E-state index is 12.5. The Bertz CT molecular complexity index is 982. The molecule has 0 fully saturated rings.